The van der Waals surface area contributed by atoms with E-state index in [0.29, 0.717) is 31.6 Å². The van der Waals surface area contributed by atoms with E-state index in [1.807, 2.05) is 24.6 Å². The van der Waals surface area contributed by atoms with Gasteiger partial charge in [0.15, 0.2) is 0 Å². The molecule has 9 nitrogen and oxygen atoms in total. The quantitative estimate of drug-likeness (QED) is 0.675. The molecule has 1 atom stereocenters. The number of hydrogen-bond donors (Lipinski definition) is 1. The Bertz CT molecular complexity index is 978. The molecule has 0 aromatic carbocycles. The van der Waals surface area contributed by atoms with Crippen LogP contribution in [0.15, 0.2) is 17.2 Å². The molecule has 1 aliphatic rings. The van der Waals surface area contributed by atoms with Crippen molar-refractivity contribution in [3.63, 3.8) is 0 Å². The van der Waals surface area contributed by atoms with Gasteiger partial charge >= 0.3 is 0 Å². The minimum atomic E-state index is -3.64. The van der Waals surface area contributed by atoms with Gasteiger partial charge in [0.1, 0.15) is 4.90 Å². The second kappa shape index (κ2) is 8.66. The predicted octanol–water partition coefficient (Wildman–Crippen LogP) is 1.15. The SMILES string of the molecule is Cc1cc(C)n(CCCNC(=O)[C@H]2CCCN(S(=O)(=O)c3cnn(C)c3C)C2)n1. The Morgan fingerprint density at radius 1 is 1.31 bits per heavy atom. The van der Waals surface area contributed by atoms with Crippen molar-refractivity contribution in [3.05, 3.63) is 29.3 Å². The highest BCUT2D eigenvalue weighted by Crippen LogP contribution is 2.25. The van der Waals surface area contributed by atoms with E-state index in [1.165, 1.54) is 10.5 Å². The highest BCUT2D eigenvalue weighted by molar-refractivity contribution is 7.89. The average Bonchev–Trinajstić information content (AvgIpc) is 3.19. The normalized spacial score (nSPS) is 18.1. The summed E-state index contributed by atoms with van der Waals surface area (Å²) in [4.78, 5) is 12.8. The van der Waals surface area contributed by atoms with Gasteiger partial charge in [-0.15, -0.1) is 0 Å². The van der Waals surface area contributed by atoms with E-state index in [4.69, 9.17) is 0 Å². The molecular formula is C19H30N6O3S. The smallest absolute Gasteiger partial charge is 0.246 e. The molecule has 3 rings (SSSR count). The number of carbonyl (C=O) groups is 1. The van der Waals surface area contributed by atoms with Gasteiger partial charge in [-0.2, -0.15) is 14.5 Å². The number of piperidine rings is 1. The molecule has 0 unspecified atom stereocenters. The molecule has 0 spiro atoms. The summed E-state index contributed by atoms with van der Waals surface area (Å²) in [6.45, 7) is 7.63. The van der Waals surface area contributed by atoms with Crippen molar-refractivity contribution in [1.29, 1.82) is 0 Å². The molecule has 0 radical (unpaired) electrons. The van der Waals surface area contributed by atoms with Crippen molar-refractivity contribution in [1.82, 2.24) is 29.2 Å². The zero-order chi connectivity index (χ0) is 21.2. The zero-order valence-electron chi connectivity index (χ0n) is 17.6. The van der Waals surface area contributed by atoms with Crippen LogP contribution in [0.3, 0.4) is 0 Å². The molecule has 2 aromatic rings. The molecular weight excluding hydrogens is 392 g/mol. The third-order valence-corrected chi connectivity index (χ3v) is 7.48. The maximum absolute atomic E-state index is 13.0. The largest absolute Gasteiger partial charge is 0.356 e. The molecule has 160 valence electrons. The maximum Gasteiger partial charge on any atom is 0.246 e. The van der Waals surface area contributed by atoms with Crippen LogP contribution < -0.4 is 5.32 Å². The Hall–Kier alpha value is -2.20. The summed E-state index contributed by atoms with van der Waals surface area (Å²) in [6.07, 6.45) is 3.52. The van der Waals surface area contributed by atoms with E-state index < -0.39 is 10.0 Å². The summed E-state index contributed by atoms with van der Waals surface area (Å²) in [5.74, 6) is -0.412. The van der Waals surface area contributed by atoms with Gasteiger partial charge in [0.2, 0.25) is 15.9 Å². The zero-order valence-corrected chi connectivity index (χ0v) is 18.4. The molecule has 0 bridgehead atoms. The first-order valence-corrected chi connectivity index (χ1v) is 11.4. The van der Waals surface area contributed by atoms with E-state index in [2.05, 4.69) is 15.5 Å². The van der Waals surface area contributed by atoms with Gasteiger partial charge in [0.05, 0.1) is 23.5 Å². The highest BCUT2D eigenvalue weighted by atomic mass is 32.2. The molecule has 0 aliphatic carbocycles. The van der Waals surface area contributed by atoms with Gasteiger partial charge in [-0.05, 0) is 46.1 Å². The second-order valence-electron chi connectivity index (χ2n) is 7.71. The van der Waals surface area contributed by atoms with E-state index in [-0.39, 0.29) is 23.3 Å². The molecule has 1 saturated heterocycles. The maximum atomic E-state index is 13.0. The van der Waals surface area contributed by atoms with Gasteiger partial charge in [0, 0.05) is 38.9 Å². The fourth-order valence-electron chi connectivity index (χ4n) is 3.73. The Balaban J connectivity index is 1.54. The first-order valence-electron chi connectivity index (χ1n) is 9.97. The van der Waals surface area contributed by atoms with Crippen LogP contribution in [0.25, 0.3) is 0 Å². The molecule has 0 saturated carbocycles. The van der Waals surface area contributed by atoms with Crippen LogP contribution in [-0.4, -0.2) is 57.8 Å². The van der Waals surface area contributed by atoms with Gasteiger partial charge in [-0.3, -0.25) is 14.2 Å². The standard InChI is InChI=1S/C19H30N6O3S/c1-14-11-15(2)25(22-14)10-6-8-20-19(26)17-7-5-9-24(13-17)29(27,28)18-12-21-23(4)16(18)3/h11-12,17H,5-10,13H2,1-4H3,(H,20,26)/t17-/m0/s1. The Kier molecular flexibility index (Phi) is 6.42. The summed E-state index contributed by atoms with van der Waals surface area (Å²) in [6, 6.07) is 2.03. The third kappa shape index (κ3) is 4.69. The van der Waals surface area contributed by atoms with Crippen LogP contribution in [-0.2, 0) is 28.4 Å². The lowest BCUT2D eigenvalue weighted by atomic mass is 9.99. The van der Waals surface area contributed by atoms with Crippen molar-refractivity contribution in [3.8, 4) is 0 Å². The molecule has 10 heteroatoms. The van der Waals surface area contributed by atoms with Crippen LogP contribution in [0.5, 0.6) is 0 Å². The summed E-state index contributed by atoms with van der Waals surface area (Å²) in [7, 11) is -1.93. The van der Waals surface area contributed by atoms with Gasteiger partial charge in [-0.25, -0.2) is 8.42 Å². The Morgan fingerprint density at radius 2 is 2.07 bits per heavy atom. The first kappa shape index (κ1) is 21.5. The van der Waals surface area contributed by atoms with Crippen LogP contribution in [0.4, 0.5) is 0 Å². The van der Waals surface area contributed by atoms with Crippen molar-refractivity contribution >= 4 is 15.9 Å². The fourth-order valence-corrected chi connectivity index (χ4v) is 5.44. The monoisotopic (exact) mass is 422 g/mol. The number of aryl methyl sites for hydroxylation is 4. The van der Waals surface area contributed by atoms with E-state index in [9.17, 15) is 13.2 Å². The van der Waals surface area contributed by atoms with Crippen molar-refractivity contribution in [2.75, 3.05) is 19.6 Å². The van der Waals surface area contributed by atoms with Crippen molar-refractivity contribution < 1.29 is 13.2 Å². The van der Waals surface area contributed by atoms with Crippen LogP contribution in [0.1, 0.15) is 36.3 Å². The predicted molar refractivity (Wildman–Crippen MR) is 109 cm³/mol. The first-order chi connectivity index (χ1) is 13.7. The molecule has 29 heavy (non-hydrogen) atoms. The summed E-state index contributed by atoms with van der Waals surface area (Å²) < 4.78 is 30.8. The van der Waals surface area contributed by atoms with E-state index in [1.54, 1.807) is 18.7 Å². The summed E-state index contributed by atoms with van der Waals surface area (Å²) >= 11 is 0. The molecule has 3 heterocycles. The molecule has 1 aliphatic heterocycles. The number of hydrogen-bond acceptors (Lipinski definition) is 5. The number of nitrogens with one attached hydrogen (secondary N) is 1. The van der Waals surface area contributed by atoms with E-state index >= 15 is 0 Å². The van der Waals surface area contributed by atoms with Crippen LogP contribution >= 0.6 is 0 Å². The lowest BCUT2D eigenvalue weighted by Crippen LogP contribution is -2.45. The van der Waals surface area contributed by atoms with Gasteiger partial charge in [-0.1, -0.05) is 0 Å². The number of aromatic nitrogens is 4. The number of nitrogens with zero attached hydrogens (tertiary/aromatic N) is 5. The topological polar surface area (TPSA) is 102 Å². The van der Waals surface area contributed by atoms with Crippen molar-refractivity contribution in [2.45, 2.75) is 51.5 Å². The second-order valence-corrected chi connectivity index (χ2v) is 9.62. The third-order valence-electron chi connectivity index (χ3n) is 5.51. The highest BCUT2D eigenvalue weighted by Gasteiger charge is 2.34. The lowest BCUT2D eigenvalue weighted by molar-refractivity contribution is -0.126. The van der Waals surface area contributed by atoms with Gasteiger partial charge in [0.25, 0.3) is 0 Å². The Morgan fingerprint density at radius 3 is 2.69 bits per heavy atom. The van der Waals surface area contributed by atoms with Gasteiger partial charge < -0.3 is 5.32 Å². The molecule has 1 fully saturated rings. The van der Waals surface area contributed by atoms with E-state index in [0.717, 1.165) is 24.4 Å². The minimum Gasteiger partial charge on any atom is -0.356 e. The summed E-state index contributed by atoms with van der Waals surface area (Å²) in [5.41, 5.74) is 2.69. The molecule has 1 N–H and O–H groups in total. The van der Waals surface area contributed by atoms with Crippen molar-refractivity contribution in [2.24, 2.45) is 13.0 Å². The number of sulfonamides is 1. The lowest BCUT2D eigenvalue weighted by Gasteiger charge is -2.31. The van der Waals surface area contributed by atoms with Crippen LogP contribution in [0, 0.1) is 26.7 Å². The number of carbonyl (C=O) groups excluding carboxylic acids is 1. The number of amides is 1. The summed E-state index contributed by atoms with van der Waals surface area (Å²) in [5, 5.41) is 11.4. The van der Waals surface area contributed by atoms with Crippen LogP contribution in [0.2, 0.25) is 0 Å². The Labute approximate surface area is 172 Å². The number of rotatable bonds is 7. The fraction of sp³-hybridized carbons (Fsp3) is 0.632. The molecule has 2 aromatic heterocycles. The average molecular weight is 423 g/mol. The minimum absolute atomic E-state index is 0.0822. The molecule has 1 amide bonds.